The van der Waals surface area contributed by atoms with Gasteiger partial charge in [0.05, 0.1) is 12.8 Å². The first-order valence-electron chi connectivity index (χ1n) is 6.15. The van der Waals surface area contributed by atoms with Crippen molar-refractivity contribution >= 4 is 23.3 Å². The van der Waals surface area contributed by atoms with E-state index >= 15 is 0 Å². The number of hydrogen-bond acceptors (Lipinski definition) is 4. The molecule has 2 rings (SSSR count). The molecule has 0 aliphatic rings. The number of halogens is 1. The lowest BCUT2D eigenvalue weighted by Gasteiger charge is -2.03. The standard InChI is InChI=1S/C14H14ClN3O3/c15-11-5-3-10(4-6-11)14(16)18-21-9-13(19)17-8-12-2-1-7-20-12/h1-7H,8-9H2,(H2,16,18)(H,17,19). The number of furan rings is 1. The zero-order valence-electron chi connectivity index (χ0n) is 11.1. The number of nitrogens with two attached hydrogens (primary N) is 1. The van der Waals surface area contributed by atoms with Gasteiger partial charge in [0.1, 0.15) is 5.76 Å². The van der Waals surface area contributed by atoms with Crippen LogP contribution in [0.25, 0.3) is 0 Å². The maximum absolute atomic E-state index is 11.5. The second kappa shape index (κ2) is 7.35. The van der Waals surface area contributed by atoms with Crippen LogP contribution in [0, 0.1) is 0 Å². The van der Waals surface area contributed by atoms with E-state index in [1.807, 2.05) is 0 Å². The normalized spacial score (nSPS) is 11.2. The van der Waals surface area contributed by atoms with Gasteiger partial charge in [0.15, 0.2) is 12.4 Å². The first-order chi connectivity index (χ1) is 10.1. The maximum Gasteiger partial charge on any atom is 0.261 e. The Labute approximate surface area is 126 Å². The fraction of sp³-hybridized carbons (Fsp3) is 0.143. The van der Waals surface area contributed by atoms with Crippen molar-refractivity contribution in [2.75, 3.05) is 6.61 Å². The fourth-order valence-electron chi connectivity index (χ4n) is 1.48. The summed E-state index contributed by atoms with van der Waals surface area (Å²) in [5.41, 5.74) is 6.38. The summed E-state index contributed by atoms with van der Waals surface area (Å²) in [7, 11) is 0. The molecular formula is C14H14ClN3O3. The predicted octanol–water partition coefficient (Wildman–Crippen LogP) is 1.89. The van der Waals surface area contributed by atoms with Gasteiger partial charge < -0.3 is 20.3 Å². The molecule has 0 saturated heterocycles. The molecule has 3 N–H and O–H groups in total. The van der Waals surface area contributed by atoms with E-state index in [2.05, 4.69) is 10.5 Å². The van der Waals surface area contributed by atoms with Crippen molar-refractivity contribution in [1.82, 2.24) is 5.32 Å². The summed E-state index contributed by atoms with van der Waals surface area (Å²) >= 11 is 5.77. The Morgan fingerprint density at radius 2 is 2.10 bits per heavy atom. The van der Waals surface area contributed by atoms with Crippen molar-refractivity contribution in [3.05, 3.63) is 59.0 Å². The zero-order valence-corrected chi connectivity index (χ0v) is 11.8. The molecule has 1 aromatic heterocycles. The van der Waals surface area contributed by atoms with Gasteiger partial charge in [-0.2, -0.15) is 0 Å². The Morgan fingerprint density at radius 1 is 1.33 bits per heavy atom. The number of carbonyl (C=O) groups excluding carboxylic acids is 1. The molecule has 110 valence electrons. The number of amidine groups is 1. The average Bonchev–Trinajstić information content (AvgIpc) is 2.99. The van der Waals surface area contributed by atoms with Crippen LogP contribution in [0.5, 0.6) is 0 Å². The minimum atomic E-state index is -0.320. The van der Waals surface area contributed by atoms with Crippen molar-refractivity contribution < 1.29 is 14.0 Å². The van der Waals surface area contributed by atoms with E-state index in [9.17, 15) is 4.79 Å². The molecule has 0 atom stereocenters. The van der Waals surface area contributed by atoms with E-state index in [1.54, 1.807) is 36.4 Å². The largest absolute Gasteiger partial charge is 0.467 e. The van der Waals surface area contributed by atoms with Crippen LogP contribution in [0.15, 0.2) is 52.2 Å². The van der Waals surface area contributed by atoms with Crippen LogP contribution in [0.3, 0.4) is 0 Å². The Balaban J connectivity index is 1.75. The Hall–Kier alpha value is -2.47. The summed E-state index contributed by atoms with van der Waals surface area (Å²) in [6.07, 6.45) is 1.54. The van der Waals surface area contributed by atoms with Crippen LogP contribution in [0.1, 0.15) is 11.3 Å². The van der Waals surface area contributed by atoms with Gasteiger partial charge in [-0.15, -0.1) is 0 Å². The summed E-state index contributed by atoms with van der Waals surface area (Å²) in [6.45, 7) is 0.0700. The highest BCUT2D eigenvalue weighted by Gasteiger charge is 2.04. The highest BCUT2D eigenvalue weighted by Crippen LogP contribution is 2.09. The Bertz CT molecular complexity index is 609. The topological polar surface area (TPSA) is 89.9 Å². The lowest BCUT2D eigenvalue weighted by Crippen LogP contribution is -2.26. The number of carbonyl (C=O) groups is 1. The SMILES string of the molecule is N/C(=N\OCC(=O)NCc1ccco1)c1ccc(Cl)cc1. The van der Waals surface area contributed by atoms with E-state index in [0.29, 0.717) is 22.9 Å². The molecule has 0 spiro atoms. The molecule has 1 amide bonds. The molecule has 1 aromatic carbocycles. The molecule has 0 unspecified atom stereocenters. The molecule has 1 heterocycles. The molecule has 21 heavy (non-hydrogen) atoms. The van der Waals surface area contributed by atoms with Crippen LogP contribution in [-0.4, -0.2) is 18.3 Å². The van der Waals surface area contributed by atoms with Crippen molar-refractivity contribution in [3.8, 4) is 0 Å². The van der Waals surface area contributed by atoms with Crippen LogP contribution < -0.4 is 11.1 Å². The number of rotatable bonds is 6. The van der Waals surface area contributed by atoms with Gasteiger partial charge in [-0.3, -0.25) is 4.79 Å². The van der Waals surface area contributed by atoms with E-state index < -0.39 is 0 Å². The number of oxime groups is 1. The zero-order chi connectivity index (χ0) is 15.1. The second-order valence-corrected chi connectivity index (χ2v) is 4.55. The maximum atomic E-state index is 11.5. The third-order valence-corrected chi connectivity index (χ3v) is 2.79. The van der Waals surface area contributed by atoms with Crippen LogP contribution in [0.4, 0.5) is 0 Å². The molecule has 2 aromatic rings. The summed E-state index contributed by atoms with van der Waals surface area (Å²) < 4.78 is 5.08. The molecule has 0 aliphatic carbocycles. The van der Waals surface area contributed by atoms with Gasteiger partial charge in [-0.25, -0.2) is 0 Å². The average molecular weight is 308 g/mol. The lowest BCUT2D eigenvalue weighted by molar-refractivity contribution is -0.125. The highest BCUT2D eigenvalue weighted by molar-refractivity contribution is 6.30. The lowest BCUT2D eigenvalue weighted by atomic mass is 10.2. The van der Waals surface area contributed by atoms with Gasteiger partial charge in [0, 0.05) is 10.6 Å². The van der Waals surface area contributed by atoms with Gasteiger partial charge in [0.25, 0.3) is 5.91 Å². The van der Waals surface area contributed by atoms with Gasteiger partial charge >= 0.3 is 0 Å². The van der Waals surface area contributed by atoms with Crippen LogP contribution in [0.2, 0.25) is 5.02 Å². The van der Waals surface area contributed by atoms with E-state index in [1.165, 1.54) is 6.26 Å². The van der Waals surface area contributed by atoms with Crippen molar-refractivity contribution in [3.63, 3.8) is 0 Å². The first kappa shape index (κ1) is 14.9. The van der Waals surface area contributed by atoms with Gasteiger partial charge in [-0.1, -0.05) is 16.8 Å². The van der Waals surface area contributed by atoms with E-state index in [-0.39, 0.29) is 18.3 Å². The number of nitrogens with zero attached hydrogens (tertiary/aromatic N) is 1. The fourth-order valence-corrected chi connectivity index (χ4v) is 1.61. The summed E-state index contributed by atoms with van der Waals surface area (Å²) in [5, 5.41) is 6.90. The first-order valence-corrected chi connectivity index (χ1v) is 6.53. The van der Waals surface area contributed by atoms with Gasteiger partial charge in [0.2, 0.25) is 0 Å². The van der Waals surface area contributed by atoms with E-state index in [0.717, 1.165) is 0 Å². The van der Waals surface area contributed by atoms with Crippen LogP contribution >= 0.6 is 11.6 Å². The molecule has 6 nitrogen and oxygen atoms in total. The second-order valence-electron chi connectivity index (χ2n) is 4.11. The smallest absolute Gasteiger partial charge is 0.261 e. The molecule has 0 radical (unpaired) electrons. The molecule has 0 saturated carbocycles. The number of hydrogen-bond donors (Lipinski definition) is 2. The Kier molecular flexibility index (Phi) is 5.22. The molecule has 0 fully saturated rings. The third kappa shape index (κ3) is 4.85. The minimum Gasteiger partial charge on any atom is -0.467 e. The minimum absolute atomic E-state index is 0.172. The van der Waals surface area contributed by atoms with Crippen molar-refractivity contribution in [2.24, 2.45) is 10.9 Å². The molecular weight excluding hydrogens is 294 g/mol. The monoisotopic (exact) mass is 307 g/mol. The number of nitrogens with one attached hydrogen (secondary N) is 1. The molecule has 0 bridgehead atoms. The molecule has 7 heteroatoms. The third-order valence-electron chi connectivity index (χ3n) is 2.54. The number of amides is 1. The predicted molar refractivity (Wildman–Crippen MR) is 78.7 cm³/mol. The van der Waals surface area contributed by atoms with Crippen LogP contribution in [-0.2, 0) is 16.2 Å². The molecule has 0 aliphatic heterocycles. The number of benzene rings is 1. The van der Waals surface area contributed by atoms with Crippen molar-refractivity contribution in [1.29, 1.82) is 0 Å². The Morgan fingerprint density at radius 3 is 2.76 bits per heavy atom. The quantitative estimate of drug-likeness (QED) is 0.484. The summed E-state index contributed by atoms with van der Waals surface area (Å²) in [4.78, 5) is 16.4. The summed E-state index contributed by atoms with van der Waals surface area (Å²) in [5.74, 6) is 0.511. The van der Waals surface area contributed by atoms with E-state index in [4.69, 9.17) is 26.6 Å². The summed E-state index contributed by atoms with van der Waals surface area (Å²) in [6, 6.07) is 10.3. The van der Waals surface area contributed by atoms with Crippen molar-refractivity contribution in [2.45, 2.75) is 6.54 Å². The van der Waals surface area contributed by atoms with Gasteiger partial charge in [-0.05, 0) is 36.4 Å². The highest BCUT2D eigenvalue weighted by atomic mass is 35.5.